The van der Waals surface area contributed by atoms with Crippen LogP contribution in [0.3, 0.4) is 0 Å². The van der Waals surface area contributed by atoms with E-state index in [1.54, 1.807) is 0 Å². The zero-order chi connectivity index (χ0) is 16.3. The van der Waals surface area contributed by atoms with Crippen molar-refractivity contribution < 1.29 is 29.0 Å². The van der Waals surface area contributed by atoms with Crippen molar-refractivity contribution in [2.75, 3.05) is 68.6 Å². The molecule has 19 heavy (non-hydrogen) atoms. The van der Waals surface area contributed by atoms with Crippen molar-refractivity contribution in [1.29, 1.82) is 0 Å². The van der Waals surface area contributed by atoms with E-state index in [4.69, 9.17) is 10.2 Å². The second-order valence-electron chi connectivity index (χ2n) is 5.88. The molecule has 0 radical (unpaired) electrons. The normalized spacial score (nSPS) is 11.9. The van der Waals surface area contributed by atoms with Gasteiger partial charge in [0.05, 0.1) is 55.5 Å². The molecule has 0 rings (SSSR count). The van der Waals surface area contributed by atoms with E-state index in [0.717, 1.165) is 22.1 Å². The van der Waals surface area contributed by atoms with Crippen LogP contribution in [0.4, 0.5) is 0 Å². The van der Waals surface area contributed by atoms with Gasteiger partial charge in [0.1, 0.15) is 13.1 Å². The minimum atomic E-state index is -2.69. The molecule has 0 aromatic carbocycles. The average Bonchev–Trinajstić information content (AvgIpc) is 1.95. The van der Waals surface area contributed by atoms with E-state index in [9.17, 15) is 0 Å². The van der Waals surface area contributed by atoms with Crippen molar-refractivity contribution in [2.45, 2.75) is 0 Å². The van der Waals surface area contributed by atoms with Gasteiger partial charge in [0.15, 0.2) is 0 Å². The second kappa shape index (κ2) is 12.2. The van der Waals surface area contributed by atoms with Gasteiger partial charge in [-0.05, 0) is 0 Å². The molecule has 9 heteroatoms. The third-order valence-electron chi connectivity index (χ3n) is 1.54. The fourth-order valence-electron chi connectivity index (χ4n) is 0.600. The summed E-state index contributed by atoms with van der Waals surface area (Å²) >= 11 is 0. The van der Waals surface area contributed by atoms with Crippen molar-refractivity contribution in [3.05, 3.63) is 0 Å². The van der Waals surface area contributed by atoms with E-state index < -0.39 is 9.86 Å². The maximum atomic E-state index is 8.39. The molecular weight excluding hydrogens is 404 g/mol. The number of nitrogens with zero attached hydrogens (tertiary/aromatic N) is 2. The Hall–Kier alpha value is 1.67. The Labute approximate surface area is 137 Å². The van der Waals surface area contributed by atoms with Crippen LogP contribution in [0, 0.1) is 0 Å². The van der Waals surface area contributed by atoms with Gasteiger partial charge in [0, 0.05) is 0 Å². The van der Waals surface area contributed by atoms with Gasteiger partial charge in [-0.1, -0.05) is 0 Å². The summed E-state index contributed by atoms with van der Waals surface area (Å²) in [4.78, 5) is 0. The van der Waals surface area contributed by atoms with Gasteiger partial charge in [-0.15, -0.1) is 0 Å². The molecular formula is C10H28MoN2O2S4. The summed E-state index contributed by atoms with van der Waals surface area (Å²) in [6.45, 7) is 2.23. The zero-order valence-electron chi connectivity index (χ0n) is 12.7. The Morgan fingerprint density at radius 3 is 0.947 bits per heavy atom. The monoisotopic (exact) mass is 434 g/mol. The van der Waals surface area contributed by atoms with Crippen LogP contribution in [0.1, 0.15) is 0 Å². The number of aliphatic hydroxyl groups excluding tert-OH is 2. The van der Waals surface area contributed by atoms with Gasteiger partial charge in [0.25, 0.3) is 0 Å². The molecule has 0 unspecified atom stereocenters. The first kappa shape index (κ1) is 25.6. The summed E-state index contributed by atoms with van der Waals surface area (Å²) in [5, 5.41) is 16.8. The van der Waals surface area contributed by atoms with Gasteiger partial charge in [-0.25, -0.2) is 0 Å². The first-order chi connectivity index (χ1) is 8.12. The first-order valence-electron chi connectivity index (χ1n) is 5.61. The molecule has 0 amide bonds. The Morgan fingerprint density at radius 2 is 0.947 bits per heavy atom. The van der Waals surface area contributed by atoms with Crippen LogP contribution in [0.15, 0.2) is 0 Å². The Morgan fingerprint density at radius 1 is 0.789 bits per heavy atom. The van der Waals surface area contributed by atoms with Crippen LogP contribution in [0.2, 0.25) is 0 Å². The predicted octanol–water partition coefficient (Wildman–Crippen LogP) is 0.659. The molecule has 0 fully saturated rings. The summed E-state index contributed by atoms with van der Waals surface area (Å²) in [6, 6.07) is 0. The van der Waals surface area contributed by atoms with Gasteiger partial charge < -0.3 is 19.2 Å². The van der Waals surface area contributed by atoms with Crippen molar-refractivity contribution in [1.82, 2.24) is 0 Å². The summed E-state index contributed by atoms with van der Waals surface area (Å²) < 4.78 is 1.69. The quantitative estimate of drug-likeness (QED) is 0.387. The summed E-state index contributed by atoms with van der Waals surface area (Å²) in [7, 11) is 27.5. The van der Waals surface area contributed by atoms with Crippen molar-refractivity contribution >= 4 is 40.3 Å². The van der Waals surface area contributed by atoms with E-state index in [1.165, 1.54) is 0 Å². The molecule has 4 nitrogen and oxygen atoms in total. The third-order valence-corrected chi connectivity index (χ3v) is 1.54. The van der Waals surface area contributed by atoms with Crippen LogP contribution in [0.25, 0.3) is 0 Å². The Bertz CT molecular complexity index is 274. The molecule has 0 aliphatic carbocycles. The van der Waals surface area contributed by atoms with Crippen LogP contribution >= 0.6 is 19.6 Å². The van der Waals surface area contributed by atoms with E-state index in [2.05, 4.69) is 82.6 Å². The van der Waals surface area contributed by atoms with E-state index in [-0.39, 0.29) is 13.2 Å². The molecule has 0 bridgehead atoms. The predicted molar refractivity (Wildman–Crippen MR) is 89.9 cm³/mol. The fourth-order valence-corrected chi connectivity index (χ4v) is 0.600. The summed E-state index contributed by atoms with van der Waals surface area (Å²) in [5.41, 5.74) is 0. The topological polar surface area (TPSA) is 40.5 Å². The SMILES string of the molecule is C[N+](C)(C)CCO.C[N+](C)(C)CCO.[S]=[Mo](=[S])([S-])[S-]. The van der Waals surface area contributed by atoms with Crippen LogP contribution in [-0.4, -0.2) is 87.8 Å². The molecule has 0 atom stereocenters. The molecule has 0 aliphatic rings. The minimum absolute atomic E-state index is 0.281. The molecule has 0 aromatic rings. The van der Waals surface area contributed by atoms with Gasteiger partial charge in [0.2, 0.25) is 0 Å². The molecule has 0 aliphatic heterocycles. The molecule has 0 saturated carbocycles. The third kappa shape index (κ3) is 65.7. The molecule has 2 N–H and O–H groups in total. The molecule has 0 saturated heterocycles. The number of likely N-dealkylation sites (N-methyl/N-ethyl adjacent to an activating group) is 2. The van der Waals surface area contributed by atoms with Crippen molar-refractivity contribution in [3.8, 4) is 0 Å². The van der Waals surface area contributed by atoms with E-state index in [1.807, 2.05) is 0 Å². The van der Waals surface area contributed by atoms with Crippen LogP contribution in [-0.2, 0) is 30.5 Å². The van der Waals surface area contributed by atoms with Crippen molar-refractivity contribution in [2.24, 2.45) is 0 Å². The fraction of sp³-hybridized carbons (Fsp3) is 1.00. The van der Waals surface area contributed by atoms with Crippen molar-refractivity contribution in [3.63, 3.8) is 0 Å². The molecule has 0 aromatic heterocycles. The average molecular weight is 433 g/mol. The Balaban J connectivity index is -0.000000206. The first-order valence-corrected chi connectivity index (χ1v) is 16.8. The number of rotatable bonds is 4. The number of hydrogen-bond acceptors (Lipinski definition) is 6. The molecule has 120 valence electrons. The van der Waals surface area contributed by atoms with Gasteiger partial charge in [-0.2, -0.15) is 0 Å². The van der Waals surface area contributed by atoms with Gasteiger partial charge >= 0.3 is 50.2 Å². The summed E-state index contributed by atoms with van der Waals surface area (Å²) in [5.74, 6) is 0. The number of aliphatic hydroxyl groups is 2. The van der Waals surface area contributed by atoms with Crippen LogP contribution < -0.4 is 0 Å². The number of quaternary nitrogens is 2. The van der Waals surface area contributed by atoms with E-state index in [0.29, 0.717) is 0 Å². The Kier molecular flexibility index (Phi) is 16.5. The number of hydrogen-bond donors (Lipinski definition) is 2. The van der Waals surface area contributed by atoms with Gasteiger partial charge in [-0.3, -0.25) is 0 Å². The molecule has 0 spiro atoms. The van der Waals surface area contributed by atoms with Crippen LogP contribution in [0.5, 0.6) is 0 Å². The second-order valence-corrected chi connectivity index (χ2v) is 27.2. The molecule has 0 heterocycles. The van der Waals surface area contributed by atoms with E-state index >= 15 is 0 Å². The summed E-state index contributed by atoms with van der Waals surface area (Å²) in [6.07, 6.45) is 0. The standard InChI is InChI=1S/2C5H14NO.Mo.4S/c2*1-6(2,3)4-5-7;;;;;/h2*7H,4-5H2,1-3H3;;;;;/q2*+1;;;;2*-1. The zero-order valence-corrected chi connectivity index (χ0v) is 17.9. The maximum absolute atomic E-state index is 8.39.